The number of aliphatic carboxylic acids is 1. The highest BCUT2D eigenvalue weighted by molar-refractivity contribution is 5.73. The van der Waals surface area contributed by atoms with Crippen molar-refractivity contribution in [2.75, 3.05) is 0 Å². The van der Waals surface area contributed by atoms with E-state index in [2.05, 4.69) is 0 Å². The van der Waals surface area contributed by atoms with Gasteiger partial charge in [0.15, 0.2) is 0 Å². The van der Waals surface area contributed by atoms with Crippen LogP contribution in [0.4, 0.5) is 8.78 Å². The van der Waals surface area contributed by atoms with E-state index >= 15 is 0 Å². The van der Waals surface area contributed by atoms with Gasteiger partial charge in [-0.05, 0) is 12.0 Å². The molecule has 0 aliphatic carbocycles. The van der Waals surface area contributed by atoms with Crippen molar-refractivity contribution in [2.24, 2.45) is 5.73 Å². The van der Waals surface area contributed by atoms with Gasteiger partial charge < -0.3 is 10.8 Å². The number of hydrogen-bond acceptors (Lipinski definition) is 2. The summed E-state index contributed by atoms with van der Waals surface area (Å²) in [6.45, 7) is 1.70. The zero-order chi connectivity index (χ0) is 13.8. The Bertz CT molecular complexity index is 404. The Morgan fingerprint density at radius 2 is 1.94 bits per heavy atom. The van der Waals surface area contributed by atoms with E-state index in [9.17, 15) is 13.6 Å². The highest BCUT2D eigenvalue weighted by atomic mass is 19.3. The van der Waals surface area contributed by atoms with Crippen molar-refractivity contribution in [3.8, 4) is 0 Å². The molecule has 1 unspecified atom stereocenters. The minimum atomic E-state index is -2.83. The van der Waals surface area contributed by atoms with E-state index in [0.29, 0.717) is 12.0 Å². The van der Waals surface area contributed by atoms with Crippen LogP contribution >= 0.6 is 0 Å². The fraction of sp³-hybridized carbons (Fsp3) is 0.462. The standard InChI is InChI=1S/C13H17F2NO2/c1-2-7-13(14,15)10-5-3-9(4-6-10)8-11(16)12(17)18/h3-6,11H,2,7-8,16H2,1H3,(H,17,18). The van der Waals surface area contributed by atoms with Crippen molar-refractivity contribution in [2.45, 2.75) is 38.2 Å². The van der Waals surface area contributed by atoms with Crippen molar-refractivity contribution in [3.63, 3.8) is 0 Å². The summed E-state index contributed by atoms with van der Waals surface area (Å²) < 4.78 is 27.1. The summed E-state index contributed by atoms with van der Waals surface area (Å²) in [7, 11) is 0. The normalized spacial score (nSPS) is 13.3. The van der Waals surface area contributed by atoms with E-state index in [0.717, 1.165) is 0 Å². The molecule has 0 spiro atoms. The first-order valence-corrected chi connectivity index (χ1v) is 5.82. The van der Waals surface area contributed by atoms with Gasteiger partial charge >= 0.3 is 5.97 Å². The van der Waals surface area contributed by atoms with Gasteiger partial charge in [0.25, 0.3) is 5.92 Å². The summed E-state index contributed by atoms with van der Waals surface area (Å²) in [6.07, 6.45) is 0.342. The van der Waals surface area contributed by atoms with Gasteiger partial charge in [0.2, 0.25) is 0 Å². The molecule has 0 bridgehead atoms. The lowest BCUT2D eigenvalue weighted by Crippen LogP contribution is -2.32. The monoisotopic (exact) mass is 257 g/mol. The molecule has 1 aromatic rings. The fourth-order valence-corrected chi connectivity index (χ4v) is 1.68. The average Bonchev–Trinajstić information content (AvgIpc) is 2.29. The Morgan fingerprint density at radius 1 is 1.39 bits per heavy atom. The molecule has 0 amide bonds. The van der Waals surface area contributed by atoms with Crippen molar-refractivity contribution in [3.05, 3.63) is 35.4 Å². The molecule has 1 rings (SSSR count). The molecule has 0 aromatic heterocycles. The lowest BCUT2D eigenvalue weighted by atomic mass is 10.00. The van der Waals surface area contributed by atoms with Crippen LogP contribution in [0.25, 0.3) is 0 Å². The topological polar surface area (TPSA) is 63.3 Å². The van der Waals surface area contributed by atoms with Crippen LogP contribution in [-0.2, 0) is 17.1 Å². The maximum Gasteiger partial charge on any atom is 0.320 e. The first kappa shape index (κ1) is 14.6. The average molecular weight is 257 g/mol. The van der Waals surface area contributed by atoms with Crippen molar-refractivity contribution in [1.82, 2.24) is 0 Å². The van der Waals surface area contributed by atoms with Gasteiger partial charge in [0, 0.05) is 12.0 Å². The molecule has 1 aromatic carbocycles. The highest BCUT2D eigenvalue weighted by Gasteiger charge is 2.29. The van der Waals surface area contributed by atoms with Gasteiger partial charge in [-0.15, -0.1) is 0 Å². The Kier molecular flexibility index (Phi) is 4.78. The lowest BCUT2D eigenvalue weighted by molar-refractivity contribution is -0.138. The summed E-state index contributed by atoms with van der Waals surface area (Å²) >= 11 is 0. The summed E-state index contributed by atoms with van der Waals surface area (Å²) in [5.41, 5.74) is 5.97. The Labute approximate surface area is 105 Å². The first-order chi connectivity index (χ1) is 8.36. The molecule has 100 valence electrons. The molecule has 1 atom stereocenters. The number of carboxylic acids is 1. The molecule has 3 nitrogen and oxygen atoms in total. The predicted molar refractivity (Wildman–Crippen MR) is 64.6 cm³/mol. The largest absolute Gasteiger partial charge is 0.480 e. The third-order valence-corrected chi connectivity index (χ3v) is 2.71. The van der Waals surface area contributed by atoms with Crippen LogP contribution in [-0.4, -0.2) is 17.1 Å². The molecule has 18 heavy (non-hydrogen) atoms. The second kappa shape index (κ2) is 5.91. The minimum Gasteiger partial charge on any atom is -0.480 e. The van der Waals surface area contributed by atoms with Gasteiger partial charge in [0.05, 0.1) is 0 Å². The number of alkyl halides is 2. The van der Waals surface area contributed by atoms with Gasteiger partial charge in [-0.1, -0.05) is 37.6 Å². The number of benzene rings is 1. The second-order valence-electron chi connectivity index (χ2n) is 4.30. The van der Waals surface area contributed by atoms with E-state index in [1.807, 2.05) is 0 Å². The lowest BCUT2D eigenvalue weighted by Gasteiger charge is -2.16. The number of rotatable bonds is 6. The van der Waals surface area contributed by atoms with Crippen LogP contribution in [0, 0.1) is 0 Å². The Morgan fingerprint density at radius 3 is 2.39 bits per heavy atom. The molecule has 5 heteroatoms. The van der Waals surface area contributed by atoms with Crippen LogP contribution in [0.1, 0.15) is 30.9 Å². The molecular weight excluding hydrogens is 240 g/mol. The van der Waals surface area contributed by atoms with E-state index < -0.39 is 17.9 Å². The van der Waals surface area contributed by atoms with E-state index in [1.165, 1.54) is 24.3 Å². The first-order valence-electron chi connectivity index (χ1n) is 5.82. The number of nitrogens with two attached hydrogens (primary N) is 1. The van der Waals surface area contributed by atoms with Gasteiger partial charge in [-0.2, -0.15) is 0 Å². The zero-order valence-electron chi connectivity index (χ0n) is 10.2. The van der Waals surface area contributed by atoms with Gasteiger partial charge in [-0.25, -0.2) is 8.78 Å². The summed E-state index contributed by atoms with van der Waals surface area (Å²) in [4.78, 5) is 10.6. The second-order valence-corrected chi connectivity index (χ2v) is 4.30. The minimum absolute atomic E-state index is 0.0444. The van der Waals surface area contributed by atoms with Crippen molar-refractivity contribution in [1.29, 1.82) is 0 Å². The summed E-state index contributed by atoms with van der Waals surface area (Å²) in [5, 5.41) is 8.65. The molecule has 3 N–H and O–H groups in total. The zero-order valence-corrected chi connectivity index (χ0v) is 10.2. The molecular formula is C13H17F2NO2. The number of halogens is 2. The van der Waals surface area contributed by atoms with Crippen LogP contribution in [0.3, 0.4) is 0 Å². The Balaban J connectivity index is 2.77. The van der Waals surface area contributed by atoms with Crippen LogP contribution in [0.2, 0.25) is 0 Å². The fourth-order valence-electron chi connectivity index (χ4n) is 1.68. The van der Waals surface area contributed by atoms with Crippen molar-refractivity contribution < 1.29 is 18.7 Å². The summed E-state index contributed by atoms with van der Waals surface area (Å²) in [6, 6.07) is 4.66. The molecule has 0 aliphatic heterocycles. The van der Waals surface area contributed by atoms with Crippen molar-refractivity contribution >= 4 is 5.97 Å². The van der Waals surface area contributed by atoms with E-state index in [1.54, 1.807) is 6.92 Å². The molecule has 0 radical (unpaired) electrons. The molecule has 0 fully saturated rings. The van der Waals surface area contributed by atoms with Gasteiger partial charge in [0.1, 0.15) is 6.04 Å². The quantitative estimate of drug-likeness (QED) is 0.823. The van der Waals surface area contributed by atoms with Crippen LogP contribution in [0.15, 0.2) is 24.3 Å². The third kappa shape index (κ3) is 3.77. The molecule has 0 aliphatic rings. The van der Waals surface area contributed by atoms with E-state index in [-0.39, 0.29) is 18.4 Å². The number of carboxylic acid groups (broad SMARTS) is 1. The molecule has 0 saturated carbocycles. The SMILES string of the molecule is CCCC(F)(F)c1ccc(CC(N)C(=O)O)cc1. The van der Waals surface area contributed by atoms with Crippen LogP contribution < -0.4 is 5.73 Å². The maximum atomic E-state index is 13.6. The third-order valence-electron chi connectivity index (χ3n) is 2.71. The number of hydrogen-bond donors (Lipinski definition) is 2. The Hall–Kier alpha value is -1.49. The highest BCUT2D eigenvalue weighted by Crippen LogP contribution is 2.32. The summed E-state index contributed by atoms with van der Waals surface area (Å²) in [5.74, 6) is -3.93. The van der Waals surface area contributed by atoms with E-state index in [4.69, 9.17) is 10.8 Å². The molecule has 0 saturated heterocycles. The van der Waals surface area contributed by atoms with Gasteiger partial charge in [-0.3, -0.25) is 4.79 Å². The number of carbonyl (C=O) groups is 1. The van der Waals surface area contributed by atoms with Crippen LogP contribution in [0.5, 0.6) is 0 Å². The predicted octanol–water partition coefficient (Wildman–Crippen LogP) is 2.53. The maximum absolute atomic E-state index is 13.6. The smallest absolute Gasteiger partial charge is 0.320 e. The molecule has 0 heterocycles.